The second-order valence-corrected chi connectivity index (χ2v) is 5.22. The number of carboxylic acid groups (broad SMARTS) is 1. The molecule has 2 atom stereocenters. The highest BCUT2D eigenvalue weighted by Gasteiger charge is 2.21. The number of aliphatic carboxylic acids is 1. The van der Waals surface area contributed by atoms with Gasteiger partial charge in [-0.05, 0) is 17.9 Å². The Morgan fingerprint density at radius 1 is 1.26 bits per heavy atom. The Morgan fingerprint density at radius 3 is 2.37 bits per heavy atom. The Kier molecular flexibility index (Phi) is 6.53. The van der Waals surface area contributed by atoms with E-state index in [1.54, 1.807) is 0 Å². The van der Waals surface area contributed by atoms with Crippen molar-refractivity contribution in [3.8, 4) is 0 Å². The van der Waals surface area contributed by atoms with E-state index in [4.69, 9.17) is 0 Å². The number of carboxylic acids is 1. The number of nitrogens with one attached hydrogen (secondary N) is 1. The molecule has 0 aromatic heterocycles. The van der Waals surface area contributed by atoms with Gasteiger partial charge in [-0.1, -0.05) is 44.2 Å². The normalized spacial score (nSPS) is 14.3. The van der Waals surface area contributed by atoms with Crippen LogP contribution in [0.2, 0.25) is 0 Å². The molecule has 4 nitrogen and oxygen atoms in total. The zero-order valence-electron chi connectivity index (χ0n) is 11.5. The zero-order valence-corrected chi connectivity index (χ0v) is 11.5. The number of hydrogen-bond donors (Lipinski definition) is 3. The van der Waals surface area contributed by atoms with Crippen molar-refractivity contribution in [1.82, 2.24) is 5.32 Å². The average Bonchev–Trinajstić information content (AvgIpc) is 2.38. The van der Waals surface area contributed by atoms with Gasteiger partial charge in [-0.3, -0.25) is 4.79 Å². The smallest absolute Gasteiger partial charge is 0.312 e. The largest absolute Gasteiger partial charge is 0.481 e. The van der Waals surface area contributed by atoms with Crippen LogP contribution >= 0.6 is 0 Å². The minimum absolute atomic E-state index is 0.0271. The van der Waals surface area contributed by atoms with Crippen LogP contribution in [-0.2, 0) is 4.79 Å². The minimum Gasteiger partial charge on any atom is -0.481 e. The molecule has 1 rings (SSSR count). The molecule has 1 aromatic rings. The highest BCUT2D eigenvalue weighted by molar-refractivity contribution is 5.76. The lowest BCUT2D eigenvalue weighted by Gasteiger charge is -2.21. The van der Waals surface area contributed by atoms with E-state index in [0.29, 0.717) is 12.5 Å². The van der Waals surface area contributed by atoms with E-state index >= 15 is 0 Å². The molecule has 2 unspecified atom stereocenters. The van der Waals surface area contributed by atoms with E-state index in [9.17, 15) is 15.0 Å². The molecule has 4 heteroatoms. The first-order valence-electron chi connectivity index (χ1n) is 6.66. The van der Waals surface area contributed by atoms with Crippen LogP contribution in [0.15, 0.2) is 30.3 Å². The molecule has 0 fully saturated rings. The minimum atomic E-state index is -0.847. The van der Waals surface area contributed by atoms with E-state index in [1.807, 2.05) is 30.3 Å². The van der Waals surface area contributed by atoms with Gasteiger partial charge in [0.25, 0.3) is 0 Å². The lowest BCUT2D eigenvalue weighted by atomic mass is 9.98. The van der Waals surface area contributed by atoms with Crippen LogP contribution in [0.4, 0.5) is 0 Å². The molecule has 0 aliphatic carbocycles. The molecular weight excluding hydrogens is 242 g/mol. The van der Waals surface area contributed by atoms with E-state index in [1.165, 1.54) is 0 Å². The van der Waals surface area contributed by atoms with E-state index in [2.05, 4.69) is 19.2 Å². The molecule has 0 bridgehead atoms. The van der Waals surface area contributed by atoms with Gasteiger partial charge in [0.2, 0.25) is 0 Å². The fourth-order valence-electron chi connectivity index (χ4n) is 2.11. The van der Waals surface area contributed by atoms with Gasteiger partial charge >= 0.3 is 5.97 Å². The second-order valence-electron chi connectivity index (χ2n) is 5.22. The van der Waals surface area contributed by atoms with Gasteiger partial charge in [0.1, 0.15) is 0 Å². The standard InChI is InChI=1S/C15H23NO3/c1-11(2)8-13(10-17)16-9-14(15(18)19)12-6-4-3-5-7-12/h3-7,11,13-14,16-17H,8-10H2,1-2H3,(H,18,19). The Morgan fingerprint density at radius 2 is 1.89 bits per heavy atom. The molecule has 1 aromatic carbocycles. The van der Waals surface area contributed by atoms with E-state index in [0.717, 1.165) is 12.0 Å². The van der Waals surface area contributed by atoms with Gasteiger partial charge in [-0.25, -0.2) is 0 Å². The maximum absolute atomic E-state index is 11.3. The number of carbonyl (C=O) groups is 1. The summed E-state index contributed by atoms with van der Waals surface area (Å²) in [5, 5.41) is 21.7. The summed E-state index contributed by atoms with van der Waals surface area (Å²) in [6.45, 7) is 4.52. The van der Waals surface area contributed by atoms with E-state index < -0.39 is 11.9 Å². The quantitative estimate of drug-likeness (QED) is 0.671. The topological polar surface area (TPSA) is 69.6 Å². The van der Waals surface area contributed by atoms with Crippen LogP contribution in [-0.4, -0.2) is 35.4 Å². The zero-order chi connectivity index (χ0) is 14.3. The number of benzene rings is 1. The van der Waals surface area contributed by atoms with E-state index in [-0.39, 0.29) is 12.6 Å². The third-order valence-corrected chi connectivity index (χ3v) is 3.09. The van der Waals surface area contributed by atoms with Crippen LogP contribution in [0, 0.1) is 5.92 Å². The lowest BCUT2D eigenvalue weighted by molar-refractivity contribution is -0.138. The Hall–Kier alpha value is -1.39. The lowest BCUT2D eigenvalue weighted by Crippen LogP contribution is -2.38. The summed E-state index contributed by atoms with van der Waals surface area (Å²) in [5.41, 5.74) is 0.781. The third kappa shape index (κ3) is 5.41. The molecule has 0 amide bonds. The summed E-state index contributed by atoms with van der Waals surface area (Å²) in [7, 11) is 0. The maximum Gasteiger partial charge on any atom is 0.312 e. The molecule has 0 spiro atoms. The first-order chi connectivity index (χ1) is 9.04. The highest BCUT2D eigenvalue weighted by Crippen LogP contribution is 2.15. The summed E-state index contributed by atoms with van der Waals surface area (Å²) in [6, 6.07) is 9.12. The Labute approximate surface area is 114 Å². The molecule has 0 aliphatic rings. The van der Waals surface area contributed by atoms with Crippen molar-refractivity contribution in [1.29, 1.82) is 0 Å². The molecular formula is C15H23NO3. The maximum atomic E-state index is 11.3. The predicted molar refractivity (Wildman–Crippen MR) is 75.2 cm³/mol. The molecule has 19 heavy (non-hydrogen) atoms. The average molecular weight is 265 g/mol. The number of rotatable bonds is 8. The van der Waals surface area contributed by atoms with Gasteiger partial charge in [-0.2, -0.15) is 0 Å². The van der Waals surface area contributed by atoms with Crippen LogP contribution in [0.25, 0.3) is 0 Å². The van der Waals surface area contributed by atoms with Crippen LogP contribution in [0.5, 0.6) is 0 Å². The molecule has 0 saturated carbocycles. The monoisotopic (exact) mass is 265 g/mol. The molecule has 0 saturated heterocycles. The Bertz CT molecular complexity index is 378. The molecule has 106 valence electrons. The van der Waals surface area contributed by atoms with Crippen LogP contribution in [0.1, 0.15) is 31.7 Å². The number of hydrogen-bond acceptors (Lipinski definition) is 3. The van der Waals surface area contributed by atoms with Crippen LogP contribution in [0.3, 0.4) is 0 Å². The first-order valence-corrected chi connectivity index (χ1v) is 6.66. The fraction of sp³-hybridized carbons (Fsp3) is 0.533. The summed E-state index contributed by atoms with van der Waals surface area (Å²) in [6.07, 6.45) is 0.831. The molecule has 3 N–H and O–H groups in total. The van der Waals surface area contributed by atoms with Crippen molar-refractivity contribution < 1.29 is 15.0 Å². The highest BCUT2D eigenvalue weighted by atomic mass is 16.4. The SMILES string of the molecule is CC(C)CC(CO)NCC(C(=O)O)c1ccccc1. The summed E-state index contributed by atoms with van der Waals surface area (Å²) in [4.78, 5) is 11.3. The third-order valence-electron chi connectivity index (χ3n) is 3.09. The summed E-state index contributed by atoms with van der Waals surface area (Å²) < 4.78 is 0. The van der Waals surface area contributed by atoms with Crippen molar-refractivity contribution >= 4 is 5.97 Å². The van der Waals surface area contributed by atoms with Gasteiger partial charge in [-0.15, -0.1) is 0 Å². The van der Waals surface area contributed by atoms with Gasteiger partial charge < -0.3 is 15.5 Å². The van der Waals surface area contributed by atoms with Gasteiger partial charge in [0.15, 0.2) is 0 Å². The first kappa shape index (κ1) is 15.7. The summed E-state index contributed by atoms with van der Waals surface area (Å²) in [5.74, 6) is -0.966. The van der Waals surface area contributed by atoms with Crippen molar-refractivity contribution in [2.45, 2.75) is 32.2 Å². The fourth-order valence-corrected chi connectivity index (χ4v) is 2.11. The Balaban J connectivity index is 2.62. The van der Waals surface area contributed by atoms with Crippen molar-refractivity contribution in [3.63, 3.8) is 0 Å². The van der Waals surface area contributed by atoms with Gasteiger partial charge in [0.05, 0.1) is 12.5 Å². The number of aliphatic hydroxyl groups is 1. The molecule has 0 aliphatic heterocycles. The van der Waals surface area contributed by atoms with Crippen LogP contribution < -0.4 is 5.32 Å². The molecule has 0 radical (unpaired) electrons. The second kappa shape index (κ2) is 7.92. The molecule has 0 heterocycles. The predicted octanol–water partition coefficient (Wildman–Crippen LogP) is 1.85. The number of aliphatic hydroxyl groups excluding tert-OH is 1. The van der Waals surface area contributed by atoms with Crippen molar-refractivity contribution in [3.05, 3.63) is 35.9 Å². The summed E-state index contributed by atoms with van der Waals surface area (Å²) >= 11 is 0. The van der Waals surface area contributed by atoms with Crippen molar-refractivity contribution in [2.75, 3.05) is 13.2 Å². The van der Waals surface area contributed by atoms with Gasteiger partial charge in [0, 0.05) is 12.6 Å². The van der Waals surface area contributed by atoms with Crippen molar-refractivity contribution in [2.24, 2.45) is 5.92 Å².